The van der Waals surface area contributed by atoms with Crippen LogP contribution in [0.1, 0.15) is 16.8 Å². The van der Waals surface area contributed by atoms with Gasteiger partial charge < -0.3 is 4.90 Å². The minimum absolute atomic E-state index is 0.227. The van der Waals surface area contributed by atoms with E-state index in [4.69, 9.17) is 4.98 Å². The normalized spacial score (nSPS) is 15.0. The maximum absolute atomic E-state index is 12.6. The lowest BCUT2D eigenvalue weighted by molar-refractivity contribution is -0.132. The number of rotatable bonds is 5. The highest BCUT2D eigenvalue weighted by atomic mass is 32.1. The van der Waals surface area contributed by atoms with Gasteiger partial charge in [0.2, 0.25) is 5.91 Å². The fourth-order valence-corrected chi connectivity index (χ4v) is 4.40. The summed E-state index contributed by atoms with van der Waals surface area (Å²) in [6.45, 7) is 6.30. The summed E-state index contributed by atoms with van der Waals surface area (Å²) < 4.78 is 0. The summed E-state index contributed by atoms with van der Waals surface area (Å²) in [6, 6.07) is 18.5. The molecule has 2 aromatic carbocycles. The van der Waals surface area contributed by atoms with Crippen LogP contribution >= 0.6 is 11.3 Å². The van der Waals surface area contributed by atoms with E-state index in [1.165, 1.54) is 11.1 Å². The molecule has 5 heteroatoms. The molecular formula is C23H25N3OS. The largest absolute Gasteiger partial charge is 0.340 e. The Bertz CT molecular complexity index is 930. The first kappa shape index (κ1) is 18.8. The third kappa shape index (κ3) is 4.66. The van der Waals surface area contributed by atoms with Gasteiger partial charge in [0.05, 0.1) is 12.1 Å². The number of carbonyl (C=O) groups is 1. The van der Waals surface area contributed by atoms with Gasteiger partial charge in [-0.15, -0.1) is 11.3 Å². The average Bonchev–Trinajstić information content (AvgIpc) is 3.18. The maximum Gasteiger partial charge on any atom is 0.227 e. The van der Waals surface area contributed by atoms with Crippen LogP contribution in [-0.4, -0.2) is 46.9 Å². The van der Waals surface area contributed by atoms with Crippen molar-refractivity contribution in [2.45, 2.75) is 19.9 Å². The van der Waals surface area contributed by atoms with Crippen LogP contribution < -0.4 is 0 Å². The van der Waals surface area contributed by atoms with E-state index in [-0.39, 0.29) is 5.91 Å². The van der Waals surface area contributed by atoms with E-state index in [9.17, 15) is 4.79 Å². The first-order valence-corrected chi connectivity index (χ1v) is 10.6. The number of nitrogens with zero attached hydrogens (tertiary/aromatic N) is 3. The van der Waals surface area contributed by atoms with E-state index in [0.717, 1.165) is 49.0 Å². The topological polar surface area (TPSA) is 36.4 Å². The van der Waals surface area contributed by atoms with Crippen LogP contribution in [0.4, 0.5) is 0 Å². The minimum Gasteiger partial charge on any atom is -0.340 e. The maximum atomic E-state index is 12.6. The Morgan fingerprint density at radius 1 is 1.04 bits per heavy atom. The fraction of sp³-hybridized carbons (Fsp3) is 0.304. The smallest absolute Gasteiger partial charge is 0.227 e. The van der Waals surface area contributed by atoms with Crippen molar-refractivity contribution < 1.29 is 4.79 Å². The number of hydrogen-bond acceptors (Lipinski definition) is 4. The Hall–Kier alpha value is -2.50. The Labute approximate surface area is 170 Å². The summed E-state index contributed by atoms with van der Waals surface area (Å²) in [6.07, 6.45) is 0.494. The van der Waals surface area contributed by atoms with E-state index in [2.05, 4.69) is 41.5 Å². The number of benzene rings is 2. The van der Waals surface area contributed by atoms with Gasteiger partial charge in [0.1, 0.15) is 5.01 Å². The number of carbonyl (C=O) groups excluding carboxylic acids is 1. The summed E-state index contributed by atoms with van der Waals surface area (Å²) in [7, 11) is 0. The predicted molar refractivity (Wildman–Crippen MR) is 114 cm³/mol. The summed E-state index contributed by atoms with van der Waals surface area (Å²) in [5.74, 6) is 0.227. The van der Waals surface area contributed by atoms with Gasteiger partial charge in [0.25, 0.3) is 0 Å². The van der Waals surface area contributed by atoms with Gasteiger partial charge in [-0.2, -0.15) is 0 Å². The molecule has 0 radical (unpaired) electrons. The average molecular weight is 392 g/mol. The van der Waals surface area contributed by atoms with Gasteiger partial charge in [0, 0.05) is 43.7 Å². The molecule has 1 saturated heterocycles. The standard InChI is InChI=1S/C23H25N3OS/c1-18-6-5-7-19(14-18)15-22(27)26-12-10-25(11-13-26)16-21-17-28-23(24-21)20-8-3-2-4-9-20/h2-9,14,17H,10-13,15-16H2,1H3. The summed E-state index contributed by atoms with van der Waals surface area (Å²) in [5, 5.41) is 3.22. The molecule has 4 rings (SSSR count). The van der Waals surface area contributed by atoms with E-state index >= 15 is 0 Å². The minimum atomic E-state index is 0.227. The molecule has 0 saturated carbocycles. The molecular weight excluding hydrogens is 366 g/mol. The lowest BCUT2D eigenvalue weighted by Gasteiger charge is -2.34. The SMILES string of the molecule is Cc1cccc(CC(=O)N2CCN(Cc3csc(-c4ccccc4)n3)CC2)c1. The van der Waals surface area contributed by atoms with E-state index in [1.54, 1.807) is 11.3 Å². The van der Waals surface area contributed by atoms with Gasteiger partial charge in [-0.25, -0.2) is 4.98 Å². The highest BCUT2D eigenvalue weighted by molar-refractivity contribution is 7.13. The van der Waals surface area contributed by atoms with Crippen molar-refractivity contribution in [1.82, 2.24) is 14.8 Å². The second-order valence-corrected chi connectivity index (χ2v) is 8.19. The molecule has 0 unspecified atom stereocenters. The number of hydrogen-bond donors (Lipinski definition) is 0. The van der Waals surface area contributed by atoms with Gasteiger partial charge in [0.15, 0.2) is 0 Å². The Balaban J connectivity index is 1.28. The second-order valence-electron chi connectivity index (χ2n) is 7.33. The molecule has 1 fully saturated rings. The van der Waals surface area contributed by atoms with Crippen molar-refractivity contribution in [2.24, 2.45) is 0 Å². The van der Waals surface area contributed by atoms with Crippen LogP contribution in [0.2, 0.25) is 0 Å². The van der Waals surface area contributed by atoms with Gasteiger partial charge in [-0.3, -0.25) is 9.69 Å². The Kier molecular flexibility index (Phi) is 5.84. The molecule has 1 aliphatic rings. The third-order valence-electron chi connectivity index (χ3n) is 5.12. The molecule has 0 bridgehead atoms. The lowest BCUT2D eigenvalue weighted by atomic mass is 10.1. The molecule has 3 aromatic rings. The summed E-state index contributed by atoms with van der Waals surface area (Å²) in [4.78, 5) is 21.8. The number of amides is 1. The number of piperazine rings is 1. The van der Waals surface area contributed by atoms with Crippen molar-refractivity contribution in [3.63, 3.8) is 0 Å². The van der Waals surface area contributed by atoms with Crippen LogP contribution in [0.3, 0.4) is 0 Å². The van der Waals surface area contributed by atoms with Gasteiger partial charge in [-0.1, -0.05) is 60.2 Å². The zero-order valence-electron chi connectivity index (χ0n) is 16.2. The predicted octanol–water partition coefficient (Wildman–Crippen LogP) is 4.01. The Morgan fingerprint density at radius 2 is 1.82 bits per heavy atom. The highest BCUT2D eigenvalue weighted by Gasteiger charge is 2.21. The van der Waals surface area contributed by atoms with Crippen molar-refractivity contribution in [3.8, 4) is 10.6 Å². The van der Waals surface area contributed by atoms with Crippen LogP contribution in [-0.2, 0) is 17.8 Å². The molecule has 0 spiro atoms. The highest BCUT2D eigenvalue weighted by Crippen LogP contribution is 2.24. The zero-order chi connectivity index (χ0) is 19.3. The summed E-state index contributed by atoms with van der Waals surface area (Å²) >= 11 is 1.70. The lowest BCUT2D eigenvalue weighted by Crippen LogP contribution is -2.48. The van der Waals surface area contributed by atoms with Crippen LogP contribution in [0.25, 0.3) is 10.6 Å². The van der Waals surface area contributed by atoms with Crippen molar-refractivity contribution in [1.29, 1.82) is 0 Å². The fourth-order valence-electron chi connectivity index (χ4n) is 3.59. The van der Waals surface area contributed by atoms with Crippen molar-refractivity contribution in [2.75, 3.05) is 26.2 Å². The molecule has 1 aliphatic heterocycles. The van der Waals surface area contributed by atoms with E-state index < -0.39 is 0 Å². The number of thiazole rings is 1. The number of aromatic nitrogens is 1. The molecule has 1 aromatic heterocycles. The molecule has 0 aliphatic carbocycles. The first-order chi connectivity index (χ1) is 13.7. The monoisotopic (exact) mass is 391 g/mol. The van der Waals surface area contributed by atoms with Gasteiger partial charge in [-0.05, 0) is 12.5 Å². The number of aryl methyl sites for hydroxylation is 1. The molecule has 2 heterocycles. The van der Waals surface area contributed by atoms with E-state index in [0.29, 0.717) is 6.42 Å². The second kappa shape index (κ2) is 8.67. The van der Waals surface area contributed by atoms with Crippen LogP contribution in [0, 0.1) is 6.92 Å². The van der Waals surface area contributed by atoms with Crippen LogP contribution in [0.5, 0.6) is 0 Å². The van der Waals surface area contributed by atoms with Gasteiger partial charge >= 0.3 is 0 Å². The quantitative estimate of drug-likeness (QED) is 0.659. The molecule has 144 valence electrons. The third-order valence-corrected chi connectivity index (χ3v) is 6.06. The first-order valence-electron chi connectivity index (χ1n) is 9.73. The van der Waals surface area contributed by atoms with Crippen molar-refractivity contribution in [3.05, 3.63) is 76.8 Å². The zero-order valence-corrected chi connectivity index (χ0v) is 17.0. The molecule has 1 amide bonds. The van der Waals surface area contributed by atoms with Crippen LogP contribution in [0.15, 0.2) is 60.0 Å². The van der Waals surface area contributed by atoms with E-state index in [1.807, 2.05) is 35.2 Å². The molecule has 0 N–H and O–H groups in total. The molecule has 0 atom stereocenters. The Morgan fingerprint density at radius 3 is 2.57 bits per heavy atom. The summed E-state index contributed by atoms with van der Waals surface area (Å²) in [5.41, 5.74) is 4.59. The van der Waals surface area contributed by atoms with Crippen molar-refractivity contribution >= 4 is 17.2 Å². The molecule has 4 nitrogen and oxygen atoms in total. The molecule has 28 heavy (non-hydrogen) atoms.